The summed E-state index contributed by atoms with van der Waals surface area (Å²) in [7, 11) is 0. The zero-order valence-electron chi connectivity index (χ0n) is 10.6. The van der Waals surface area contributed by atoms with Gasteiger partial charge in [-0.05, 0) is 31.4 Å². The fraction of sp³-hybridized carbons (Fsp3) is 0.500. The van der Waals surface area contributed by atoms with Gasteiger partial charge < -0.3 is 10.6 Å². The second-order valence-electron chi connectivity index (χ2n) is 4.79. The summed E-state index contributed by atoms with van der Waals surface area (Å²) < 4.78 is 0. The molecule has 1 aliphatic carbocycles. The van der Waals surface area contributed by atoms with Gasteiger partial charge >= 0.3 is 0 Å². The Labute approximate surface area is 113 Å². The molecule has 1 fully saturated rings. The summed E-state index contributed by atoms with van der Waals surface area (Å²) in [4.78, 5) is 11.5. The van der Waals surface area contributed by atoms with Crippen LogP contribution in [-0.4, -0.2) is 18.5 Å². The molecule has 0 spiro atoms. The second kappa shape index (κ2) is 6.21. The van der Waals surface area contributed by atoms with Gasteiger partial charge in [-0.1, -0.05) is 29.8 Å². The molecule has 0 saturated heterocycles. The molecule has 0 radical (unpaired) electrons. The van der Waals surface area contributed by atoms with Crippen molar-refractivity contribution in [1.82, 2.24) is 10.6 Å². The van der Waals surface area contributed by atoms with Gasteiger partial charge in [0.1, 0.15) is 0 Å². The molecule has 0 aromatic heterocycles. The Morgan fingerprint density at radius 1 is 1.44 bits per heavy atom. The normalized spacial score (nSPS) is 16.3. The van der Waals surface area contributed by atoms with E-state index in [0.29, 0.717) is 19.0 Å². The number of nitrogens with one attached hydrogen (secondary N) is 2. The summed E-state index contributed by atoms with van der Waals surface area (Å²) in [5.74, 6) is 0.136. The van der Waals surface area contributed by atoms with Gasteiger partial charge in [0.15, 0.2) is 0 Å². The number of amides is 1. The maximum absolute atomic E-state index is 11.5. The summed E-state index contributed by atoms with van der Waals surface area (Å²) in [6.45, 7) is 2.73. The molecule has 3 nitrogen and oxygen atoms in total. The van der Waals surface area contributed by atoms with Crippen LogP contribution in [-0.2, 0) is 4.79 Å². The lowest BCUT2D eigenvalue weighted by molar-refractivity contribution is -0.121. The first-order valence-corrected chi connectivity index (χ1v) is 6.82. The lowest BCUT2D eigenvalue weighted by Crippen LogP contribution is -2.30. The molecule has 1 aliphatic rings. The van der Waals surface area contributed by atoms with Crippen molar-refractivity contribution in [3.8, 4) is 0 Å². The van der Waals surface area contributed by atoms with E-state index >= 15 is 0 Å². The molecule has 1 atom stereocenters. The highest BCUT2D eigenvalue weighted by Gasteiger charge is 2.22. The zero-order valence-corrected chi connectivity index (χ0v) is 11.3. The van der Waals surface area contributed by atoms with Crippen molar-refractivity contribution in [3.05, 3.63) is 34.9 Å². The molecule has 1 saturated carbocycles. The Kier molecular flexibility index (Phi) is 4.61. The van der Waals surface area contributed by atoms with Crippen molar-refractivity contribution in [2.45, 2.75) is 38.3 Å². The Morgan fingerprint density at radius 3 is 2.83 bits per heavy atom. The molecule has 0 unspecified atom stereocenters. The Morgan fingerprint density at radius 2 is 2.17 bits per heavy atom. The number of rotatable bonds is 6. The number of hydrogen-bond acceptors (Lipinski definition) is 2. The van der Waals surface area contributed by atoms with Gasteiger partial charge in [-0.25, -0.2) is 0 Å². The molecular weight excluding hydrogens is 248 g/mol. The molecular formula is C14H19ClN2O. The van der Waals surface area contributed by atoms with Crippen LogP contribution in [0.2, 0.25) is 5.02 Å². The maximum atomic E-state index is 11.5. The van der Waals surface area contributed by atoms with E-state index in [-0.39, 0.29) is 11.9 Å². The highest BCUT2D eigenvalue weighted by molar-refractivity contribution is 6.31. The van der Waals surface area contributed by atoms with E-state index < -0.39 is 0 Å². The summed E-state index contributed by atoms with van der Waals surface area (Å²) in [5, 5.41) is 7.06. The topological polar surface area (TPSA) is 41.1 Å². The lowest BCUT2D eigenvalue weighted by Gasteiger charge is -2.15. The third-order valence-electron chi connectivity index (χ3n) is 3.12. The molecule has 0 heterocycles. The summed E-state index contributed by atoms with van der Waals surface area (Å²) in [6.07, 6.45) is 2.79. The maximum Gasteiger partial charge on any atom is 0.221 e. The van der Waals surface area contributed by atoms with Gasteiger partial charge in [0.2, 0.25) is 5.91 Å². The highest BCUT2D eigenvalue weighted by Crippen LogP contribution is 2.22. The van der Waals surface area contributed by atoms with Crippen LogP contribution in [0.4, 0.5) is 0 Å². The van der Waals surface area contributed by atoms with E-state index in [0.717, 1.165) is 23.4 Å². The number of hydrogen-bond donors (Lipinski definition) is 2. The second-order valence-corrected chi connectivity index (χ2v) is 5.20. The summed E-state index contributed by atoms with van der Waals surface area (Å²) in [5.41, 5.74) is 1.07. The molecule has 1 aromatic rings. The molecule has 98 valence electrons. The lowest BCUT2D eigenvalue weighted by atomic mass is 10.1. The van der Waals surface area contributed by atoms with E-state index in [1.54, 1.807) is 0 Å². The molecule has 2 rings (SSSR count). The van der Waals surface area contributed by atoms with Crippen LogP contribution in [0, 0.1) is 0 Å². The van der Waals surface area contributed by atoms with Crippen LogP contribution in [0.25, 0.3) is 0 Å². The zero-order chi connectivity index (χ0) is 13.0. The van der Waals surface area contributed by atoms with Gasteiger partial charge in [0.25, 0.3) is 0 Å². The van der Waals surface area contributed by atoms with Crippen molar-refractivity contribution in [1.29, 1.82) is 0 Å². The third kappa shape index (κ3) is 4.00. The largest absolute Gasteiger partial charge is 0.353 e. The number of carbonyl (C=O) groups is 1. The van der Waals surface area contributed by atoms with E-state index in [9.17, 15) is 4.79 Å². The van der Waals surface area contributed by atoms with Crippen LogP contribution in [0.1, 0.15) is 37.8 Å². The summed E-state index contributed by atoms with van der Waals surface area (Å²) in [6, 6.07) is 8.38. The number of benzene rings is 1. The van der Waals surface area contributed by atoms with E-state index in [1.807, 2.05) is 24.3 Å². The molecule has 0 aliphatic heterocycles. The first kappa shape index (κ1) is 13.4. The van der Waals surface area contributed by atoms with E-state index in [1.165, 1.54) is 0 Å². The SMILES string of the molecule is C[C@H](NCCC(=O)NC1CC1)c1ccccc1Cl. The van der Waals surface area contributed by atoms with Gasteiger partial charge in [-0.2, -0.15) is 0 Å². The van der Waals surface area contributed by atoms with Crippen LogP contribution in [0.5, 0.6) is 0 Å². The van der Waals surface area contributed by atoms with Gasteiger partial charge in [0.05, 0.1) is 0 Å². The van der Waals surface area contributed by atoms with Crippen molar-refractivity contribution in [2.24, 2.45) is 0 Å². The van der Waals surface area contributed by atoms with Crippen molar-refractivity contribution in [2.75, 3.05) is 6.54 Å². The van der Waals surface area contributed by atoms with Crippen molar-refractivity contribution < 1.29 is 4.79 Å². The van der Waals surface area contributed by atoms with Gasteiger partial charge in [-0.15, -0.1) is 0 Å². The van der Waals surface area contributed by atoms with Crippen molar-refractivity contribution >= 4 is 17.5 Å². The predicted molar refractivity (Wildman–Crippen MR) is 73.7 cm³/mol. The minimum absolute atomic E-state index is 0.136. The molecule has 4 heteroatoms. The standard InChI is InChI=1S/C14H19ClN2O/c1-10(12-4-2-3-5-13(12)15)16-9-8-14(18)17-11-6-7-11/h2-5,10-11,16H,6-9H2,1H3,(H,17,18)/t10-/m0/s1. The van der Waals surface area contributed by atoms with Crippen LogP contribution >= 0.6 is 11.6 Å². The van der Waals surface area contributed by atoms with Crippen LogP contribution in [0.3, 0.4) is 0 Å². The van der Waals surface area contributed by atoms with E-state index in [2.05, 4.69) is 17.6 Å². The molecule has 18 heavy (non-hydrogen) atoms. The minimum atomic E-state index is 0.136. The third-order valence-corrected chi connectivity index (χ3v) is 3.46. The predicted octanol–water partition coefficient (Wildman–Crippen LogP) is 2.66. The first-order chi connectivity index (χ1) is 8.66. The fourth-order valence-electron chi connectivity index (χ4n) is 1.87. The van der Waals surface area contributed by atoms with Crippen LogP contribution < -0.4 is 10.6 Å². The minimum Gasteiger partial charge on any atom is -0.353 e. The molecule has 1 amide bonds. The highest BCUT2D eigenvalue weighted by atomic mass is 35.5. The van der Waals surface area contributed by atoms with Crippen LogP contribution in [0.15, 0.2) is 24.3 Å². The van der Waals surface area contributed by atoms with Crippen molar-refractivity contribution in [3.63, 3.8) is 0 Å². The van der Waals surface area contributed by atoms with Gasteiger partial charge in [0, 0.05) is 30.1 Å². The van der Waals surface area contributed by atoms with E-state index in [4.69, 9.17) is 11.6 Å². The summed E-state index contributed by atoms with van der Waals surface area (Å²) >= 11 is 6.12. The quantitative estimate of drug-likeness (QED) is 0.831. The fourth-order valence-corrected chi connectivity index (χ4v) is 2.17. The average molecular weight is 267 g/mol. The number of halogens is 1. The average Bonchev–Trinajstić information content (AvgIpc) is 3.13. The number of carbonyl (C=O) groups excluding carboxylic acids is 1. The first-order valence-electron chi connectivity index (χ1n) is 6.44. The smallest absolute Gasteiger partial charge is 0.221 e. The Bertz CT molecular complexity index is 418. The molecule has 1 aromatic carbocycles. The monoisotopic (exact) mass is 266 g/mol. The Hall–Kier alpha value is -1.06. The molecule has 2 N–H and O–H groups in total. The molecule has 0 bridgehead atoms. The Balaban J connectivity index is 1.72. The van der Waals surface area contributed by atoms with Gasteiger partial charge in [-0.3, -0.25) is 4.79 Å².